The molecule has 0 radical (unpaired) electrons. The van der Waals surface area contributed by atoms with Crippen molar-refractivity contribution in [2.75, 3.05) is 6.54 Å². The molecule has 3 nitrogen and oxygen atoms in total. The Morgan fingerprint density at radius 3 is 2.75 bits per heavy atom. The third-order valence-corrected chi connectivity index (χ3v) is 4.69. The summed E-state index contributed by atoms with van der Waals surface area (Å²) in [6, 6.07) is 16.5. The molecule has 1 N–H and O–H groups in total. The summed E-state index contributed by atoms with van der Waals surface area (Å²) in [5, 5.41) is 1.23. The number of aromatic nitrogens is 1. The Bertz CT molecular complexity index is 919. The van der Waals surface area contributed by atoms with Crippen LogP contribution in [0.15, 0.2) is 54.6 Å². The summed E-state index contributed by atoms with van der Waals surface area (Å²) in [6.45, 7) is 3.50. The van der Waals surface area contributed by atoms with Gasteiger partial charge in [0.1, 0.15) is 0 Å². The Morgan fingerprint density at radius 1 is 1.12 bits per heavy atom. The molecule has 0 saturated heterocycles. The summed E-state index contributed by atoms with van der Waals surface area (Å²) in [4.78, 5) is 17.9. The molecule has 0 atom stereocenters. The molecule has 1 aliphatic rings. The van der Waals surface area contributed by atoms with E-state index in [4.69, 9.17) is 0 Å². The van der Waals surface area contributed by atoms with Gasteiger partial charge in [-0.2, -0.15) is 0 Å². The third kappa shape index (κ3) is 2.73. The lowest BCUT2D eigenvalue weighted by atomic mass is 10.0. The van der Waals surface area contributed by atoms with Crippen molar-refractivity contribution in [3.63, 3.8) is 0 Å². The topological polar surface area (TPSA) is 36.1 Å². The maximum absolute atomic E-state index is 12.5. The number of amides is 1. The molecule has 1 aliphatic heterocycles. The van der Waals surface area contributed by atoms with Crippen molar-refractivity contribution in [3.05, 3.63) is 77.0 Å². The van der Waals surface area contributed by atoms with Gasteiger partial charge in [-0.15, -0.1) is 0 Å². The third-order valence-electron chi connectivity index (χ3n) is 4.69. The van der Waals surface area contributed by atoms with Gasteiger partial charge in [0.25, 0.3) is 0 Å². The molecular formula is C21H20N2O. The lowest BCUT2D eigenvalue weighted by Crippen LogP contribution is -2.34. The van der Waals surface area contributed by atoms with Gasteiger partial charge in [-0.05, 0) is 24.6 Å². The van der Waals surface area contributed by atoms with Crippen LogP contribution in [0.25, 0.3) is 17.0 Å². The van der Waals surface area contributed by atoms with Crippen LogP contribution in [0.4, 0.5) is 0 Å². The summed E-state index contributed by atoms with van der Waals surface area (Å²) in [7, 11) is 0. The van der Waals surface area contributed by atoms with E-state index in [0.29, 0.717) is 6.54 Å². The molecule has 0 unspecified atom stereocenters. The van der Waals surface area contributed by atoms with Gasteiger partial charge in [-0.25, -0.2) is 0 Å². The molecule has 3 aromatic rings. The van der Waals surface area contributed by atoms with Crippen LogP contribution < -0.4 is 0 Å². The Labute approximate surface area is 141 Å². The van der Waals surface area contributed by atoms with E-state index in [1.54, 1.807) is 6.08 Å². The monoisotopic (exact) mass is 316 g/mol. The van der Waals surface area contributed by atoms with Crippen LogP contribution >= 0.6 is 0 Å². The number of carbonyl (C=O) groups is 1. The number of rotatable bonds is 2. The number of H-pyrrole nitrogens is 1. The Balaban J connectivity index is 1.53. The molecule has 120 valence electrons. The van der Waals surface area contributed by atoms with Gasteiger partial charge in [-0.1, -0.05) is 48.0 Å². The Morgan fingerprint density at radius 2 is 1.92 bits per heavy atom. The van der Waals surface area contributed by atoms with E-state index in [2.05, 4.69) is 42.2 Å². The molecule has 3 heteroatoms. The smallest absolute Gasteiger partial charge is 0.246 e. The quantitative estimate of drug-likeness (QED) is 0.711. The molecular weight excluding hydrogens is 296 g/mol. The number of hydrogen-bond donors (Lipinski definition) is 1. The van der Waals surface area contributed by atoms with E-state index in [1.165, 1.54) is 22.2 Å². The molecule has 0 saturated carbocycles. The minimum absolute atomic E-state index is 0.0755. The first-order valence-corrected chi connectivity index (χ1v) is 8.33. The van der Waals surface area contributed by atoms with E-state index >= 15 is 0 Å². The molecule has 24 heavy (non-hydrogen) atoms. The second kappa shape index (κ2) is 6.00. The SMILES string of the molecule is Cc1ccc(C=CC(=O)N2CCc3[nH]c4ccccc4c3C2)cc1. The average molecular weight is 316 g/mol. The molecule has 0 fully saturated rings. The average Bonchev–Trinajstić information content (AvgIpc) is 2.99. The molecule has 1 aromatic heterocycles. The van der Waals surface area contributed by atoms with Gasteiger partial charge in [0.05, 0.1) is 0 Å². The predicted molar refractivity (Wildman–Crippen MR) is 97.6 cm³/mol. The number of para-hydroxylation sites is 1. The summed E-state index contributed by atoms with van der Waals surface area (Å²) >= 11 is 0. The molecule has 0 bridgehead atoms. The van der Waals surface area contributed by atoms with Crippen molar-refractivity contribution in [2.24, 2.45) is 0 Å². The number of aromatic amines is 1. The number of nitrogens with one attached hydrogen (secondary N) is 1. The highest BCUT2D eigenvalue weighted by Gasteiger charge is 2.22. The van der Waals surface area contributed by atoms with Crippen LogP contribution in [-0.4, -0.2) is 22.3 Å². The highest BCUT2D eigenvalue weighted by molar-refractivity contribution is 5.93. The van der Waals surface area contributed by atoms with Crippen LogP contribution in [0.2, 0.25) is 0 Å². The van der Waals surface area contributed by atoms with Crippen molar-refractivity contribution in [1.82, 2.24) is 9.88 Å². The van der Waals surface area contributed by atoms with E-state index in [-0.39, 0.29) is 5.91 Å². The molecule has 0 spiro atoms. The molecule has 2 heterocycles. The summed E-state index contributed by atoms with van der Waals surface area (Å²) < 4.78 is 0. The number of fused-ring (bicyclic) bond motifs is 3. The fourth-order valence-electron chi connectivity index (χ4n) is 3.31. The van der Waals surface area contributed by atoms with Crippen molar-refractivity contribution in [3.8, 4) is 0 Å². The van der Waals surface area contributed by atoms with Crippen molar-refractivity contribution < 1.29 is 4.79 Å². The predicted octanol–water partition coefficient (Wildman–Crippen LogP) is 4.07. The van der Waals surface area contributed by atoms with Crippen molar-refractivity contribution in [1.29, 1.82) is 0 Å². The fraction of sp³-hybridized carbons (Fsp3) is 0.190. The standard InChI is InChI=1S/C21H20N2O/c1-15-6-8-16(9-7-15)10-11-21(24)23-13-12-20-18(14-23)17-4-2-3-5-19(17)22-20/h2-11,22H,12-14H2,1H3. The number of aryl methyl sites for hydroxylation is 1. The Hall–Kier alpha value is -2.81. The minimum atomic E-state index is 0.0755. The van der Waals surface area contributed by atoms with E-state index in [0.717, 1.165) is 24.0 Å². The zero-order valence-electron chi connectivity index (χ0n) is 13.8. The molecule has 4 rings (SSSR count). The normalized spacial score (nSPS) is 14.3. The minimum Gasteiger partial charge on any atom is -0.358 e. The van der Waals surface area contributed by atoms with Crippen molar-refractivity contribution in [2.45, 2.75) is 19.9 Å². The highest BCUT2D eigenvalue weighted by atomic mass is 16.2. The van der Waals surface area contributed by atoms with Gasteiger partial charge >= 0.3 is 0 Å². The van der Waals surface area contributed by atoms with E-state index in [1.807, 2.05) is 29.2 Å². The Kier molecular flexibility index (Phi) is 3.69. The van der Waals surface area contributed by atoms with Crippen LogP contribution in [0.1, 0.15) is 22.4 Å². The largest absolute Gasteiger partial charge is 0.358 e. The number of carbonyl (C=O) groups excluding carboxylic acids is 1. The second-order valence-electron chi connectivity index (χ2n) is 6.38. The molecule has 1 amide bonds. The van der Waals surface area contributed by atoms with Crippen molar-refractivity contribution >= 4 is 22.9 Å². The first-order chi connectivity index (χ1) is 11.7. The molecule has 0 aliphatic carbocycles. The summed E-state index contributed by atoms with van der Waals surface area (Å²) in [6.07, 6.45) is 4.46. The van der Waals surface area contributed by atoms with Crippen LogP contribution in [-0.2, 0) is 17.8 Å². The number of hydrogen-bond acceptors (Lipinski definition) is 1. The lowest BCUT2D eigenvalue weighted by Gasteiger charge is -2.26. The zero-order valence-corrected chi connectivity index (χ0v) is 13.8. The first kappa shape index (κ1) is 14.8. The van der Waals surface area contributed by atoms with Gasteiger partial charge in [0.2, 0.25) is 5.91 Å². The van der Waals surface area contributed by atoms with E-state index < -0.39 is 0 Å². The summed E-state index contributed by atoms with van der Waals surface area (Å²) in [5.74, 6) is 0.0755. The maximum atomic E-state index is 12.5. The molecule has 2 aromatic carbocycles. The maximum Gasteiger partial charge on any atom is 0.246 e. The number of nitrogens with zero attached hydrogens (tertiary/aromatic N) is 1. The second-order valence-corrected chi connectivity index (χ2v) is 6.38. The fourth-order valence-corrected chi connectivity index (χ4v) is 3.31. The lowest BCUT2D eigenvalue weighted by molar-refractivity contribution is -0.126. The van der Waals surface area contributed by atoms with Gasteiger partial charge < -0.3 is 9.88 Å². The van der Waals surface area contributed by atoms with Gasteiger partial charge in [0.15, 0.2) is 0 Å². The first-order valence-electron chi connectivity index (χ1n) is 8.33. The number of benzene rings is 2. The highest BCUT2D eigenvalue weighted by Crippen LogP contribution is 2.27. The van der Waals surface area contributed by atoms with E-state index in [9.17, 15) is 4.79 Å². The van der Waals surface area contributed by atoms with Gasteiger partial charge in [-0.3, -0.25) is 4.79 Å². The van der Waals surface area contributed by atoms with Crippen LogP contribution in [0, 0.1) is 6.92 Å². The summed E-state index contributed by atoms with van der Waals surface area (Å²) in [5.41, 5.74) is 5.96. The zero-order chi connectivity index (χ0) is 16.5. The van der Waals surface area contributed by atoms with Crippen LogP contribution in [0.3, 0.4) is 0 Å². The van der Waals surface area contributed by atoms with Crippen LogP contribution in [0.5, 0.6) is 0 Å². The van der Waals surface area contributed by atoms with Gasteiger partial charge in [0, 0.05) is 47.7 Å².